The maximum absolute atomic E-state index is 12.8. The molecule has 0 radical (unpaired) electrons. The van der Waals surface area contributed by atoms with Gasteiger partial charge in [0, 0.05) is 15.5 Å². The van der Waals surface area contributed by atoms with E-state index < -0.39 is 7.29 Å². The van der Waals surface area contributed by atoms with Crippen molar-refractivity contribution < 1.29 is 4.57 Å². The van der Waals surface area contributed by atoms with Crippen molar-refractivity contribution in [1.82, 2.24) is 6.15 Å². The van der Waals surface area contributed by atoms with E-state index >= 15 is 0 Å². The monoisotopic (exact) mass is 260 g/mol. The summed E-state index contributed by atoms with van der Waals surface area (Å²) in [5.41, 5.74) is 8.61. The molecule has 0 aliphatic heterocycles. The topological polar surface area (TPSA) is 101 Å². The van der Waals surface area contributed by atoms with E-state index in [0.717, 1.165) is 0 Å². The minimum atomic E-state index is -3.22. The van der Waals surface area contributed by atoms with Gasteiger partial charge in [-0.15, -0.1) is 0 Å². The number of rotatable bonds is 3. The number of nitrogens with zero attached hydrogens (tertiary/aromatic N) is 3. The van der Waals surface area contributed by atoms with E-state index in [4.69, 9.17) is 5.53 Å². The predicted octanol–water partition coefficient (Wildman–Crippen LogP) is 3.39. The lowest BCUT2D eigenvalue weighted by Gasteiger charge is -2.12. The molecule has 0 spiro atoms. The van der Waals surface area contributed by atoms with Crippen LogP contribution in [0.1, 0.15) is 0 Å². The highest BCUT2D eigenvalue weighted by molar-refractivity contribution is 7.77. The molecule has 0 bridgehead atoms. The van der Waals surface area contributed by atoms with Gasteiger partial charge < -0.3 is 10.7 Å². The molecule has 0 aliphatic rings. The Morgan fingerprint density at radius 2 is 1.28 bits per heavy atom. The molecule has 6 heteroatoms. The van der Waals surface area contributed by atoms with Crippen molar-refractivity contribution in [2.75, 3.05) is 0 Å². The van der Waals surface area contributed by atoms with Crippen LogP contribution in [0.5, 0.6) is 0 Å². The highest BCUT2D eigenvalue weighted by Crippen LogP contribution is 2.44. The summed E-state index contributed by atoms with van der Waals surface area (Å²) in [5.74, 6) is 0. The molecular formula is C12H13N4OP. The van der Waals surface area contributed by atoms with Gasteiger partial charge in [-0.25, -0.2) is 0 Å². The van der Waals surface area contributed by atoms with Crippen LogP contribution in [0.3, 0.4) is 0 Å². The van der Waals surface area contributed by atoms with Crippen molar-refractivity contribution in [3.8, 4) is 0 Å². The van der Waals surface area contributed by atoms with Crippen LogP contribution < -0.4 is 16.8 Å². The van der Waals surface area contributed by atoms with Crippen LogP contribution in [0.4, 0.5) is 0 Å². The van der Waals surface area contributed by atoms with Gasteiger partial charge in [0.05, 0.1) is 0 Å². The van der Waals surface area contributed by atoms with Crippen LogP contribution >= 0.6 is 7.29 Å². The van der Waals surface area contributed by atoms with Gasteiger partial charge in [-0.05, 0) is 10.4 Å². The standard InChI is InChI=1S/C12H10N3OP.H3N/c13-14-15-17(16,11-7-3-1-4-8-11)12-9-5-2-6-10-12;/h1-10H;1H3. The molecule has 0 amide bonds. The zero-order chi connectivity index (χ0) is 12.1. The van der Waals surface area contributed by atoms with E-state index in [2.05, 4.69) is 9.80 Å². The Kier molecular flexibility index (Phi) is 4.69. The molecule has 0 unspecified atom stereocenters. The van der Waals surface area contributed by atoms with Crippen molar-refractivity contribution >= 4 is 17.9 Å². The Labute approximate surface area is 105 Å². The van der Waals surface area contributed by atoms with Crippen LogP contribution in [0.25, 0.3) is 10.4 Å². The molecule has 0 aliphatic carbocycles. The SMILES string of the molecule is N.[N-]=[N+]=NP(=O)(c1ccccc1)c1ccccc1. The highest BCUT2D eigenvalue weighted by atomic mass is 31.2. The smallest absolute Gasteiger partial charge is 0.228 e. The first kappa shape index (κ1) is 14.0. The zero-order valence-electron chi connectivity index (χ0n) is 9.68. The molecular weight excluding hydrogens is 247 g/mol. The molecule has 0 fully saturated rings. The van der Waals surface area contributed by atoms with Crippen LogP contribution in [0.2, 0.25) is 0 Å². The largest absolute Gasteiger partial charge is 0.344 e. The third-order valence-electron chi connectivity index (χ3n) is 2.38. The Hall–Kier alpha value is -2.06. The van der Waals surface area contributed by atoms with Gasteiger partial charge in [0.2, 0.25) is 7.29 Å². The molecule has 0 atom stereocenters. The molecule has 3 N–H and O–H groups in total. The first-order chi connectivity index (χ1) is 8.27. The van der Waals surface area contributed by atoms with Gasteiger partial charge in [0.15, 0.2) is 0 Å². The second-order valence-electron chi connectivity index (χ2n) is 3.43. The third kappa shape index (κ3) is 2.60. The van der Waals surface area contributed by atoms with Gasteiger partial charge in [0.25, 0.3) is 0 Å². The van der Waals surface area contributed by atoms with E-state index in [9.17, 15) is 4.57 Å². The number of azide groups is 1. The minimum Gasteiger partial charge on any atom is -0.344 e. The number of hydrogen-bond acceptors (Lipinski definition) is 2. The van der Waals surface area contributed by atoms with E-state index in [1.807, 2.05) is 12.1 Å². The summed E-state index contributed by atoms with van der Waals surface area (Å²) in [7, 11) is -3.22. The normalized spacial score (nSPS) is 10.0. The molecule has 18 heavy (non-hydrogen) atoms. The van der Waals surface area contributed by atoms with Crippen LogP contribution in [-0.2, 0) is 4.57 Å². The van der Waals surface area contributed by atoms with Crippen LogP contribution in [0, 0.1) is 0 Å². The van der Waals surface area contributed by atoms with Gasteiger partial charge in [-0.1, -0.05) is 60.7 Å². The third-order valence-corrected chi connectivity index (χ3v) is 4.71. The van der Waals surface area contributed by atoms with E-state index in [0.29, 0.717) is 10.6 Å². The fraction of sp³-hybridized carbons (Fsp3) is 0. The fourth-order valence-electron chi connectivity index (χ4n) is 1.57. The second kappa shape index (κ2) is 6.03. The second-order valence-corrected chi connectivity index (χ2v) is 5.79. The molecule has 0 saturated carbocycles. The van der Waals surface area contributed by atoms with E-state index in [1.54, 1.807) is 48.5 Å². The molecule has 2 aromatic carbocycles. The molecule has 0 aromatic heterocycles. The molecule has 0 saturated heterocycles. The lowest BCUT2D eigenvalue weighted by Crippen LogP contribution is -2.13. The summed E-state index contributed by atoms with van der Waals surface area (Å²) in [4.78, 5) is 6.26. The Balaban J connectivity index is 0.00000162. The van der Waals surface area contributed by atoms with E-state index in [-0.39, 0.29) is 6.15 Å². The van der Waals surface area contributed by atoms with Crippen LogP contribution in [0.15, 0.2) is 65.5 Å². The van der Waals surface area contributed by atoms with Crippen molar-refractivity contribution in [3.05, 3.63) is 71.1 Å². The van der Waals surface area contributed by atoms with Gasteiger partial charge in [-0.3, -0.25) is 0 Å². The van der Waals surface area contributed by atoms with Crippen molar-refractivity contribution in [3.63, 3.8) is 0 Å². The first-order valence-corrected chi connectivity index (χ1v) is 6.71. The van der Waals surface area contributed by atoms with Gasteiger partial charge in [-0.2, -0.15) is 0 Å². The Bertz CT molecular complexity index is 550. The highest BCUT2D eigenvalue weighted by Gasteiger charge is 2.25. The summed E-state index contributed by atoms with van der Waals surface area (Å²) >= 11 is 0. The van der Waals surface area contributed by atoms with E-state index in [1.165, 1.54) is 0 Å². The quantitative estimate of drug-likeness (QED) is 0.395. The Morgan fingerprint density at radius 3 is 1.61 bits per heavy atom. The average Bonchev–Trinajstić information content (AvgIpc) is 2.41. The summed E-state index contributed by atoms with van der Waals surface area (Å²) in [6.45, 7) is 0. The first-order valence-electron chi connectivity index (χ1n) is 5.05. The van der Waals surface area contributed by atoms with Crippen molar-refractivity contribution in [1.29, 1.82) is 0 Å². The predicted molar refractivity (Wildman–Crippen MR) is 73.9 cm³/mol. The fourth-order valence-corrected chi connectivity index (χ4v) is 3.34. The molecule has 0 heterocycles. The number of benzene rings is 2. The summed E-state index contributed by atoms with van der Waals surface area (Å²) < 4.78 is 12.8. The molecule has 92 valence electrons. The van der Waals surface area contributed by atoms with Gasteiger partial charge in [0.1, 0.15) is 0 Å². The van der Waals surface area contributed by atoms with Crippen molar-refractivity contribution in [2.45, 2.75) is 0 Å². The maximum atomic E-state index is 12.8. The summed E-state index contributed by atoms with van der Waals surface area (Å²) in [5, 5.41) is 1.09. The lowest BCUT2D eigenvalue weighted by molar-refractivity contribution is 0.588. The van der Waals surface area contributed by atoms with Crippen LogP contribution in [-0.4, -0.2) is 0 Å². The number of hydrogen-bond donors (Lipinski definition) is 1. The maximum Gasteiger partial charge on any atom is 0.228 e. The molecule has 5 nitrogen and oxygen atoms in total. The lowest BCUT2D eigenvalue weighted by atomic mass is 10.4. The van der Waals surface area contributed by atoms with Crippen molar-refractivity contribution in [2.24, 2.45) is 4.88 Å². The summed E-state index contributed by atoms with van der Waals surface area (Å²) in [6, 6.07) is 17.6. The zero-order valence-corrected chi connectivity index (χ0v) is 10.6. The minimum absolute atomic E-state index is 0. The molecule has 2 aromatic rings. The summed E-state index contributed by atoms with van der Waals surface area (Å²) in [6.07, 6.45) is 0. The van der Waals surface area contributed by atoms with Gasteiger partial charge >= 0.3 is 0 Å². The average molecular weight is 260 g/mol. The Morgan fingerprint density at radius 1 is 0.889 bits per heavy atom. The molecule has 2 rings (SSSR count).